The number of carbonyl (C=O) groups excluding carboxylic acids is 1. The summed E-state index contributed by atoms with van der Waals surface area (Å²) in [6.07, 6.45) is 1.91. The van der Waals surface area contributed by atoms with Crippen molar-refractivity contribution in [1.29, 1.82) is 0 Å². The minimum atomic E-state index is -0.425. The minimum absolute atomic E-state index is 0.0122. The number of thioether (sulfide) groups is 1. The Morgan fingerprint density at radius 1 is 1.57 bits per heavy atom. The van der Waals surface area contributed by atoms with Crippen LogP contribution in [0.1, 0.15) is 17.3 Å². The largest absolute Gasteiger partial charge is 0.508 e. The second-order valence-electron chi connectivity index (χ2n) is 2.87. The lowest BCUT2D eigenvalue weighted by Gasteiger charge is -2.12. The number of Topliss-reactive ketones (excluding diaryl/α,β-unsaturated/α-hetero) is 1. The van der Waals surface area contributed by atoms with Gasteiger partial charge in [0.25, 0.3) is 0 Å². The fourth-order valence-electron chi connectivity index (χ4n) is 1.17. The molecule has 0 radical (unpaired) electrons. The summed E-state index contributed by atoms with van der Waals surface area (Å²) in [4.78, 5) is 11.7. The van der Waals surface area contributed by atoms with Crippen LogP contribution in [-0.2, 0) is 4.79 Å². The number of ketones is 1. The molecule has 4 heteroatoms. The molecule has 0 bridgehead atoms. The molecule has 0 amide bonds. The van der Waals surface area contributed by atoms with Gasteiger partial charge in [-0.25, -0.2) is 0 Å². The van der Waals surface area contributed by atoms with Crippen molar-refractivity contribution in [3.63, 3.8) is 0 Å². The first-order valence-corrected chi connectivity index (χ1v) is 6.22. The van der Waals surface area contributed by atoms with Crippen molar-refractivity contribution >= 4 is 33.5 Å². The van der Waals surface area contributed by atoms with Crippen LogP contribution in [0, 0.1) is 0 Å². The van der Waals surface area contributed by atoms with Gasteiger partial charge in [0.2, 0.25) is 0 Å². The number of hydrogen-bond acceptors (Lipinski definition) is 3. The van der Waals surface area contributed by atoms with Gasteiger partial charge in [0.05, 0.1) is 0 Å². The Kier molecular flexibility index (Phi) is 4.01. The molecule has 14 heavy (non-hydrogen) atoms. The zero-order valence-corrected chi connectivity index (χ0v) is 10.4. The highest BCUT2D eigenvalue weighted by Crippen LogP contribution is 2.37. The molecule has 0 aliphatic heterocycles. The predicted octanol–water partition coefficient (Wildman–Crippen LogP) is 3.14. The normalized spacial score (nSPS) is 12.5. The molecule has 1 rings (SSSR count). The molecule has 0 saturated heterocycles. The van der Waals surface area contributed by atoms with Gasteiger partial charge in [-0.1, -0.05) is 22.0 Å². The van der Waals surface area contributed by atoms with Crippen LogP contribution in [0.25, 0.3) is 0 Å². The molecule has 1 atom stereocenters. The fraction of sp³-hybridized carbons (Fsp3) is 0.300. The van der Waals surface area contributed by atoms with Crippen molar-refractivity contribution in [3.8, 4) is 5.75 Å². The van der Waals surface area contributed by atoms with E-state index < -0.39 is 4.83 Å². The van der Waals surface area contributed by atoms with E-state index in [1.807, 2.05) is 12.3 Å². The van der Waals surface area contributed by atoms with E-state index >= 15 is 0 Å². The van der Waals surface area contributed by atoms with Gasteiger partial charge in [0.15, 0.2) is 0 Å². The summed E-state index contributed by atoms with van der Waals surface area (Å²) in [7, 11) is 0. The lowest BCUT2D eigenvalue weighted by Crippen LogP contribution is -2.02. The van der Waals surface area contributed by atoms with Crippen LogP contribution in [0.2, 0.25) is 0 Å². The van der Waals surface area contributed by atoms with Crippen molar-refractivity contribution < 1.29 is 9.90 Å². The molecule has 0 aromatic heterocycles. The maximum atomic E-state index is 11.2. The first-order valence-electron chi connectivity index (χ1n) is 4.08. The zero-order chi connectivity index (χ0) is 10.7. The number of phenols is 1. The Morgan fingerprint density at radius 3 is 2.71 bits per heavy atom. The van der Waals surface area contributed by atoms with Crippen LogP contribution < -0.4 is 0 Å². The van der Waals surface area contributed by atoms with Crippen LogP contribution in [-0.4, -0.2) is 17.1 Å². The number of phenolic OH excluding ortho intramolecular Hbond substituents is 1. The minimum Gasteiger partial charge on any atom is -0.508 e. The molecular weight excluding hydrogens is 264 g/mol. The molecule has 1 unspecified atom stereocenters. The van der Waals surface area contributed by atoms with Crippen LogP contribution in [0.5, 0.6) is 5.75 Å². The predicted molar refractivity (Wildman–Crippen MR) is 62.2 cm³/mol. The van der Waals surface area contributed by atoms with E-state index in [-0.39, 0.29) is 11.5 Å². The van der Waals surface area contributed by atoms with Gasteiger partial charge in [0.1, 0.15) is 16.4 Å². The van der Waals surface area contributed by atoms with Crippen LogP contribution in [0.4, 0.5) is 0 Å². The second-order valence-corrected chi connectivity index (χ2v) is 4.63. The summed E-state index contributed by atoms with van der Waals surface area (Å²) in [5, 5.41) is 9.65. The number of rotatable bonds is 3. The van der Waals surface area contributed by atoms with Gasteiger partial charge in [0, 0.05) is 10.5 Å². The second kappa shape index (κ2) is 4.84. The van der Waals surface area contributed by atoms with Crippen molar-refractivity contribution in [1.82, 2.24) is 0 Å². The third-order valence-corrected chi connectivity index (χ3v) is 3.77. The number of hydrogen-bond donors (Lipinski definition) is 1. The number of halogens is 1. The Bertz CT molecular complexity index is 352. The van der Waals surface area contributed by atoms with E-state index in [9.17, 15) is 9.90 Å². The van der Waals surface area contributed by atoms with Crippen molar-refractivity contribution in [2.75, 3.05) is 6.26 Å². The van der Waals surface area contributed by atoms with Crippen LogP contribution >= 0.6 is 27.7 Å². The van der Waals surface area contributed by atoms with Crippen molar-refractivity contribution in [2.45, 2.75) is 16.6 Å². The SMILES string of the molecule is CSc1cccc(O)c1C(Br)C(C)=O. The topological polar surface area (TPSA) is 37.3 Å². The first-order chi connectivity index (χ1) is 6.57. The smallest absolute Gasteiger partial charge is 0.148 e. The molecule has 0 fully saturated rings. The number of aromatic hydroxyl groups is 1. The fourth-order valence-corrected chi connectivity index (χ4v) is 2.46. The number of alkyl halides is 1. The highest BCUT2D eigenvalue weighted by molar-refractivity contribution is 9.09. The maximum Gasteiger partial charge on any atom is 0.148 e. The lowest BCUT2D eigenvalue weighted by atomic mass is 10.1. The van der Waals surface area contributed by atoms with E-state index in [2.05, 4.69) is 15.9 Å². The molecule has 1 N–H and O–H groups in total. The third-order valence-electron chi connectivity index (χ3n) is 1.87. The molecular formula is C10H11BrO2S. The van der Waals surface area contributed by atoms with Gasteiger partial charge in [-0.05, 0) is 25.3 Å². The quantitative estimate of drug-likeness (QED) is 0.680. The van der Waals surface area contributed by atoms with E-state index in [1.54, 1.807) is 12.1 Å². The first kappa shape index (κ1) is 11.6. The molecule has 0 spiro atoms. The van der Waals surface area contributed by atoms with Gasteiger partial charge in [-0.3, -0.25) is 4.79 Å². The summed E-state index contributed by atoms with van der Waals surface area (Å²) in [5.74, 6) is 0.149. The highest BCUT2D eigenvalue weighted by Gasteiger charge is 2.19. The lowest BCUT2D eigenvalue weighted by molar-refractivity contribution is -0.116. The van der Waals surface area contributed by atoms with Crippen molar-refractivity contribution in [3.05, 3.63) is 23.8 Å². The van der Waals surface area contributed by atoms with Crippen LogP contribution in [0.15, 0.2) is 23.1 Å². The number of benzene rings is 1. The molecule has 1 aromatic carbocycles. The summed E-state index contributed by atoms with van der Waals surface area (Å²) in [6.45, 7) is 1.50. The summed E-state index contributed by atoms with van der Waals surface area (Å²) in [6, 6.07) is 5.24. The average molecular weight is 275 g/mol. The Hall–Kier alpha value is -0.480. The molecule has 1 aromatic rings. The van der Waals surface area contributed by atoms with E-state index in [1.165, 1.54) is 18.7 Å². The molecule has 2 nitrogen and oxygen atoms in total. The van der Waals surface area contributed by atoms with E-state index in [0.29, 0.717) is 5.56 Å². The molecule has 0 aliphatic rings. The standard InChI is InChI=1S/C10H11BrO2S/c1-6(12)10(11)9-7(13)4-3-5-8(9)14-2/h3-5,10,13H,1-2H3. The van der Waals surface area contributed by atoms with Gasteiger partial charge in [-0.15, -0.1) is 11.8 Å². The van der Waals surface area contributed by atoms with Gasteiger partial charge >= 0.3 is 0 Å². The molecule has 0 heterocycles. The monoisotopic (exact) mass is 274 g/mol. The maximum absolute atomic E-state index is 11.2. The highest BCUT2D eigenvalue weighted by atomic mass is 79.9. The summed E-state index contributed by atoms with van der Waals surface area (Å²) >= 11 is 4.78. The zero-order valence-electron chi connectivity index (χ0n) is 7.95. The van der Waals surface area contributed by atoms with Crippen LogP contribution in [0.3, 0.4) is 0 Å². The van der Waals surface area contributed by atoms with Gasteiger partial charge in [-0.2, -0.15) is 0 Å². The Morgan fingerprint density at radius 2 is 2.21 bits per heavy atom. The average Bonchev–Trinajstić information content (AvgIpc) is 2.16. The third kappa shape index (κ3) is 2.30. The van der Waals surface area contributed by atoms with E-state index in [4.69, 9.17) is 0 Å². The molecule has 0 aliphatic carbocycles. The molecule has 0 saturated carbocycles. The van der Waals surface area contributed by atoms with Gasteiger partial charge < -0.3 is 5.11 Å². The van der Waals surface area contributed by atoms with Crippen molar-refractivity contribution in [2.24, 2.45) is 0 Å². The number of carbonyl (C=O) groups is 1. The molecule has 76 valence electrons. The Labute approximate surface area is 95.8 Å². The summed E-state index contributed by atoms with van der Waals surface area (Å²) < 4.78 is 0. The van der Waals surface area contributed by atoms with E-state index in [0.717, 1.165) is 4.90 Å². The summed E-state index contributed by atoms with van der Waals surface area (Å²) in [5.41, 5.74) is 0.660. The Balaban J connectivity index is 3.23.